The average molecular weight is 127 g/mol. The molecule has 2 rings (SSSR count). The van der Waals surface area contributed by atoms with Gasteiger partial charge in [0.25, 0.3) is 0 Å². The molecular formula is C6H9NO2. The first kappa shape index (κ1) is 5.23. The summed E-state index contributed by atoms with van der Waals surface area (Å²) in [5, 5.41) is 11.8. The molecule has 1 spiro atoms. The molecule has 1 aliphatic heterocycles. The zero-order chi connectivity index (χ0) is 6.48. The topological polar surface area (TPSA) is 49.3 Å². The molecule has 1 atom stereocenters. The van der Waals surface area contributed by atoms with Crippen LogP contribution in [0.15, 0.2) is 0 Å². The Morgan fingerprint density at radius 1 is 1.67 bits per heavy atom. The highest BCUT2D eigenvalue weighted by molar-refractivity contribution is 5.88. The monoisotopic (exact) mass is 127 g/mol. The number of hydrogen-bond acceptors (Lipinski definition) is 2. The van der Waals surface area contributed by atoms with E-state index in [-0.39, 0.29) is 11.3 Å². The van der Waals surface area contributed by atoms with Gasteiger partial charge in [0.15, 0.2) is 0 Å². The van der Waals surface area contributed by atoms with Crippen LogP contribution in [0.3, 0.4) is 0 Å². The van der Waals surface area contributed by atoms with E-state index in [0.717, 1.165) is 12.8 Å². The number of carbonyl (C=O) groups excluding carboxylic acids is 1. The quantitative estimate of drug-likeness (QED) is 0.450. The molecule has 2 fully saturated rings. The second-order valence-corrected chi connectivity index (χ2v) is 2.88. The molecular weight excluding hydrogens is 118 g/mol. The molecule has 0 radical (unpaired) electrons. The van der Waals surface area contributed by atoms with Crippen molar-refractivity contribution in [3.05, 3.63) is 0 Å². The van der Waals surface area contributed by atoms with E-state index >= 15 is 0 Å². The molecule has 2 N–H and O–H groups in total. The van der Waals surface area contributed by atoms with Crippen LogP contribution in [0, 0.1) is 5.41 Å². The lowest BCUT2D eigenvalue weighted by Gasteiger charge is -2.05. The molecule has 0 aromatic heterocycles. The highest BCUT2D eigenvalue weighted by atomic mass is 16.3. The van der Waals surface area contributed by atoms with Gasteiger partial charge >= 0.3 is 0 Å². The number of amides is 1. The minimum absolute atomic E-state index is 0.0509. The van der Waals surface area contributed by atoms with Crippen molar-refractivity contribution in [1.29, 1.82) is 0 Å². The van der Waals surface area contributed by atoms with Gasteiger partial charge in [-0.25, -0.2) is 0 Å². The van der Waals surface area contributed by atoms with Crippen molar-refractivity contribution in [3.8, 4) is 0 Å². The Balaban J connectivity index is 2.26. The second kappa shape index (κ2) is 1.29. The predicted octanol–water partition coefficient (Wildman–Crippen LogP) is -0.743. The van der Waals surface area contributed by atoms with Crippen molar-refractivity contribution < 1.29 is 9.90 Å². The number of rotatable bonds is 0. The van der Waals surface area contributed by atoms with E-state index in [1.165, 1.54) is 0 Å². The second-order valence-electron chi connectivity index (χ2n) is 2.88. The van der Waals surface area contributed by atoms with Gasteiger partial charge in [0, 0.05) is 6.54 Å². The minimum atomic E-state index is -0.412. The van der Waals surface area contributed by atoms with Crippen molar-refractivity contribution >= 4 is 5.91 Å². The fourth-order valence-electron chi connectivity index (χ4n) is 1.41. The third kappa shape index (κ3) is 0.477. The fourth-order valence-corrected chi connectivity index (χ4v) is 1.41. The average Bonchev–Trinajstić information content (AvgIpc) is 2.56. The van der Waals surface area contributed by atoms with Crippen LogP contribution in [0.1, 0.15) is 12.8 Å². The van der Waals surface area contributed by atoms with Gasteiger partial charge in [-0.15, -0.1) is 0 Å². The Hall–Kier alpha value is -0.570. The van der Waals surface area contributed by atoms with E-state index < -0.39 is 6.10 Å². The Kier molecular flexibility index (Phi) is 0.750. The van der Waals surface area contributed by atoms with Crippen molar-refractivity contribution in [2.75, 3.05) is 6.54 Å². The Morgan fingerprint density at radius 2 is 2.33 bits per heavy atom. The summed E-state index contributed by atoms with van der Waals surface area (Å²) in [5.41, 5.74) is -0.333. The molecule has 0 aromatic rings. The van der Waals surface area contributed by atoms with Gasteiger partial charge in [-0.3, -0.25) is 4.79 Å². The van der Waals surface area contributed by atoms with Crippen LogP contribution in [-0.2, 0) is 4.79 Å². The molecule has 0 bridgehead atoms. The number of hydrogen-bond donors (Lipinski definition) is 2. The standard InChI is InChI=1S/C6H9NO2/c8-4-3-7-5(9)6(4)1-2-6/h4,8H,1-3H2,(H,7,9). The number of carbonyl (C=O) groups is 1. The summed E-state index contributed by atoms with van der Waals surface area (Å²) < 4.78 is 0. The van der Waals surface area contributed by atoms with E-state index in [4.69, 9.17) is 0 Å². The van der Waals surface area contributed by atoms with Gasteiger partial charge in [0.2, 0.25) is 5.91 Å². The largest absolute Gasteiger partial charge is 0.390 e. The predicted molar refractivity (Wildman–Crippen MR) is 30.7 cm³/mol. The van der Waals surface area contributed by atoms with Crippen molar-refractivity contribution in [2.45, 2.75) is 18.9 Å². The maximum absolute atomic E-state index is 10.9. The molecule has 3 nitrogen and oxygen atoms in total. The zero-order valence-electron chi connectivity index (χ0n) is 5.05. The minimum Gasteiger partial charge on any atom is -0.390 e. The smallest absolute Gasteiger partial charge is 0.229 e. The summed E-state index contributed by atoms with van der Waals surface area (Å²) in [7, 11) is 0. The molecule has 9 heavy (non-hydrogen) atoms. The Morgan fingerprint density at radius 3 is 2.56 bits per heavy atom. The molecule has 1 aliphatic carbocycles. The van der Waals surface area contributed by atoms with Crippen LogP contribution in [-0.4, -0.2) is 23.7 Å². The third-order valence-electron chi connectivity index (χ3n) is 2.33. The van der Waals surface area contributed by atoms with Gasteiger partial charge in [-0.2, -0.15) is 0 Å². The SMILES string of the molecule is O=C1NCC(O)C12CC2. The highest BCUT2D eigenvalue weighted by Crippen LogP contribution is 2.50. The lowest BCUT2D eigenvalue weighted by atomic mass is 10.0. The number of aliphatic hydroxyl groups excluding tert-OH is 1. The van der Waals surface area contributed by atoms with E-state index in [1.807, 2.05) is 0 Å². The summed E-state index contributed by atoms with van der Waals surface area (Å²) in [4.78, 5) is 10.9. The summed E-state index contributed by atoms with van der Waals surface area (Å²) in [6.45, 7) is 0.457. The summed E-state index contributed by atoms with van der Waals surface area (Å²) in [5.74, 6) is 0.0509. The van der Waals surface area contributed by atoms with Gasteiger partial charge < -0.3 is 10.4 Å². The highest BCUT2D eigenvalue weighted by Gasteiger charge is 2.58. The molecule has 3 heteroatoms. The van der Waals surface area contributed by atoms with Crippen LogP contribution in [0.4, 0.5) is 0 Å². The van der Waals surface area contributed by atoms with E-state index in [0.29, 0.717) is 6.54 Å². The molecule has 50 valence electrons. The molecule has 1 saturated carbocycles. The van der Waals surface area contributed by atoms with Crippen molar-refractivity contribution in [1.82, 2.24) is 5.32 Å². The van der Waals surface area contributed by atoms with Crippen molar-refractivity contribution in [3.63, 3.8) is 0 Å². The van der Waals surface area contributed by atoms with Crippen LogP contribution in [0.5, 0.6) is 0 Å². The molecule has 1 saturated heterocycles. The van der Waals surface area contributed by atoms with Crippen molar-refractivity contribution in [2.24, 2.45) is 5.41 Å². The molecule has 1 amide bonds. The lowest BCUT2D eigenvalue weighted by Crippen LogP contribution is -2.22. The maximum Gasteiger partial charge on any atom is 0.229 e. The van der Waals surface area contributed by atoms with Crippen LogP contribution < -0.4 is 5.32 Å². The fraction of sp³-hybridized carbons (Fsp3) is 0.833. The Labute approximate surface area is 53.1 Å². The van der Waals surface area contributed by atoms with Gasteiger partial charge in [-0.1, -0.05) is 0 Å². The first-order valence-electron chi connectivity index (χ1n) is 3.22. The summed E-state index contributed by atoms with van der Waals surface area (Å²) >= 11 is 0. The third-order valence-corrected chi connectivity index (χ3v) is 2.33. The molecule has 0 aromatic carbocycles. The molecule has 1 heterocycles. The van der Waals surface area contributed by atoms with Gasteiger partial charge in [-0.05, 0) is 12.8 Å². The lowest BCUT2D eigenvalue weighted by molar-refractivity contribution is -0.125. The first-order chi connectivity index (χ1) is 4.26. The maximum atomic E-state index is 10.9. The normalized spacial score (nSPS) is 37.0. The summed E-state index contributed by atoms with van der Waals surface area (Å²) in [6, 6.07) is 0. The first-order valence-corrected chi connectivity index (χ1v) is 3.22. The molecule has 2 aliphatic rings. The molecule has 1 unspecified atom stereocenters. The van der Waals surface area contributed by atoms with Crippen LogP contribution in [0.2, 0.25) is 0 Å². The zero-order valence-corrected chi connectivity index (χ0v) is 5.05. The van der Waals surface area contributed by atoms with Crippen LogP contribution in [0.25, 0.3) is 0 Å². The van der Waals surface area contributed by atoms with E-state index in [1.54, 1.807) is 0 Å². The Bertz CT molecular complexity index is 162. The van der Waals surface area contributed by atoms with Gasteiger partial charge in [0.05, 0.1) is 11.5 Å². The van der Waals surface area contributed by atoms with Gasteiger partial charge in [0.1, 0.15) is 0 Å². The van der Waals surface area contributed by atoms with E-state index in [2.05, 4.69) is 5.32 Å². The number of β-amino-alcohol motifs (C(OH)–C–C–N with tert-alkyl or cyclic N) is 1. The number of aliphatic hydroxyl groups is 1. The van der Waals surface area contributed by atoms with E-state index in [9.17, 15) is 9.90 Å². The summed E-state index contributed by atoms with van der Waals surface area (Å²) in [6.07, 6.45) is 1.34. The van der Waals surface area contributed by atoms with Crippen LogP contribution >= 0.6 is 0 Å². The number of nitrogens with one attached hydrogen (secondary N) is 1.